The molecule has 0 aliphatic carbocycles. The lowest BCUT2D eigenvalue weighted by atomic mass is 10.0. The Morgan fingerprint density at radius 2 is 1.22 bits per heavy atom. The number of carbonyl (C=O) groups is 4. The zero-order valence-corrected chi connectivity index (χ0v) is 20.4. The SMILES string of the molecule is NCCCC[C@H](NC(=O)[C@@H](N)CCCN=C(N)N)C(=O)N[C@@H](CCCN=C(N)N)C(=O)NCC(=O)O. The quantitative estimate of drug-likeness (QED) is 0.0445. The molecule has 0 saturated carbocycles. The average molecular weight is 516 g/mol. The predicted octanol–water partition coefficient (Wildman–Crippen LogP) is -4.28. The lowest BCUT2D eigenvalue weighted by Crippen LogP contribution is -2.56. The van der Waals surface area contributed by atoms with Crippen molar-refractivity contribution in [1.82, 2.24) is 16.0 Å². The highest BCUT2D eigenvalue weighted by Crippen LogP contribution is 2.06. The van der Waals surface area contributed by atoms with Crippen LogP contribution in [0.5, 0.6) is 0 Å². The zero-order valence-electron chi connectivity index (χ0n) is 20.4. The van der Waals surface area contributed by atoms with Crippen molar-refractivity contribution >= 4 is 35.6 Å². The van der Waals surface area contributed by atoms with E-state index < -0.39 is 48.4 Å². The number of amides is 3. The molecule has 36 heavy (non-hydrogen) atoms. The summed E-state index contributed by atoms with van der Waals surface area (Å²) in [5.41, 5.74) is 32.6. The topological polar surface area (TPSA) is 305 Å². The van der Waals surface area contributed by atoms with E-state index in [9.17, 15) is 19.2 Å². The molecule has 0 radical (unpaired) electrons. The number of carboxylic acid groups (broad SMARTS) is 1. The number of carbonyl (C=O) groups excluding carboxylic acids is 3. The van der Waals surface area contributed by atoms with Gasteiger partial charge in [-0.25, -0.2) is 0 Å². The molecule has 3 amide bonds. The van der Waals surface area contributed by atoms with Crippen LogP contribution in [0.1, 0.15) is 44.9 Å². The number of guanidine groups is 2. The van der Waals surface area contributed by atoms with Gasteiger partial charge in [-0.05, 0) is 51.5 Å². The number of rotatable bonds is 19. The number of nitrogens with zero attached hydrogens (tertiary/aromatic N) is 2. The molecular formula is C20H41N11O5. The van der Waals surface area contributed by atoms with Crippen molar-refractivity contribution in [3.8, 4) is 0 Å². The normalized spacial score (nSPS) is 12.9. The number of nitrogens with two attached hydrogens (primary N) is 6. The first-order chi connectivity index (χ1) is 17.0. The first-order valence-electron chi connectivity index (χ1n) is 11.6. The maximum atomic E-state index is 13.0. The van der Waals surface area contributed by atoms with Gasteiger partial charge in [-0.2, -0.15) is 0 Å². The monoisotopic (exact) mass is 515 g/mol. The van der Waals surface area contributed by atoms with Crippen LogP contribution >= 0.6 is 0 Å². The van der Waals surface area contributed by atoms with Gasteiger partial charge < -0.3 is 55.5 Å². The molecule has 206 valence electrons. The fourth-order valence-corrected chi connectivity index (χ4v) is 3.02. The minimum absolute atomic E-state index is 0.0649. The second-order valence-electron chi connectivity index (χ2n) is 8.02. The second-order valence-corrected chi connectivity index (χ2v) is 8.02. The maximum Gasteiger partial charge on any atom is 0.322 e. The average Bonchev–Trinajstić information content (AvgIpc) is 2.80. The number of hydrogen-bond donors (Lipinski definition) is 10. The summed E-state index contributed by atoms with van der Waals surface area (Å²) in [5, 5.41) is 16.3. The van der Waals surface area contributed by atoms with Gasteiger partial charge in [0.2, 0.25) is 17.7 Å². The summed E-state index contributed by atoms with van der Waals surface area (Å²) < 4.78 is 0. The number of aliphatic carboxylic acids is 1. The predicted molar refractivity (Wildman–Crippen MR) is 135 cm³/mol. The molecule has 0 heterocycles. The van der Waals surface area contributed by atoms with E-state index in [1.54, 1.807) is 0 Å². The molecule has 0 aliphatic rings. The van der Waals surface area contributed by atoms with Crippen LogP contribution in [0, 0.1) is 0 Å². The fourth-order valence-electron chi connectivity index (χ4n) is 3.02. The van der Waals surface area contributed by atoms with Gasteiger partial charge in [-0.3, -0.25) is 29.2 Å². The molecule has 0 unspecified atom stereocenters. The van der Waals surface area contributed by atoms with E-state index >= 15 is 0 Å². The summed E-state index contributed by atoms with van der Waals surface area (Å²) in [7, 11) is 0. The molecule has 3 atom stereocenters. The Kier molecular flexibility index (Phi) is 16.7. The van der Waals surface area contributed by atoms with Crippen LogP contribution in [-0.2, 0) is 19.2 Å². The van der Waals surface area contributed by atoms with Gasteiger partial charge >= 0.3 is 5.97 Å². The molecule has 0 aromatic heterocycles. The Balaban J connectivity index is 5.28. The van der Waals surface area contributed by atoms with Crippen molar-refractivity contribution in [2.75, 3.05) is 26.2 Å². The van der Waals surface area contributed by atoms with Crippen LogP contribution in [0.15, 0.2) is 9.98 Å². The lowest BCUT2D eigenvalue weighted by molar-refractivity contribution is -0.138. The van der Waals surface area contributed by atoms with Crippen molar-refractivity contribution in [1.29, 1.82) is 0 Å². The van der Waals surface area contributed by atoms with E-state index in [-0.39, 0.29) is 37.7 Å². The summed E-state index contributed by atoms with van der Waals surface area (Å²) in [6, 6.07) is -2.97. The number of unbranched alkanes of at least 4 members (excludes halogenated alkanes) is 1. The summed E-state index contributed by atoms with van der Waals surface area (Å²) in [6.45, 7) is 0.283. The third-order valence-corrected chi connectivity index (χ3v) is 4.88. The van der Waals surface area contributed by atoms with Crippen molar-refractivity contribution < 1.29 is 24.3 Å². The number of hydrogen-bond acceptors (Lipinski definition) is 8. The van der Waals surface area contributed by atoms with Gasteiger partial charge in [-0.1, -0.05) is 0 Å². The van der Waals surface area contributed by atoms with Gasteiger partial charge in [0.15, 0.2) is 11.9 Å². The van der Waals surface area contributed by atoms with Gasteiger partial charge in [0.05, 0.1) is 6.04 Å². The van der Waals surface area contributed by atoms with Crippen molar-refractivity contribution in [2.45, 2.75) is 63.1 Å². The van der Waals surface area contributed by atoms with E-state index in [1.807, 2.05) is 0 Å². The molecule has 16 N–H and O–H groups in total. The lowest BCUT2D eigenvalue weighted by Gasteiger charge is -2.24. The first kappa shape index (κ1) is 32.3. The van der Waals surface area contributed by atoms with Crippen LogP contribution in [-0.4, -0.2) is 85.0 Å². The third-order valence-electron chi connectivity index (χ3n) is 4.88. The number of aliphatic imine (C=N–C) groups is 2. The summed E-state index contributed by atoms with van der Waals surface area (Å²) in [5.74, 6) is -3.29. The highest BCUT2D eigenvalue weighted by atomic mass is 16.4. The second kappa shape index (κ2) is 18.6. The molecule has 0 aromatic carbocycles. The Labute approximate surface area is 210 Å². The summed E-state index contributed by atoms with van der Waals surface area (Å²) in [6.07, 6.45) is 2.60. The molecule has 0 bridgehead atoms. The Hall–Kier alpha value is -3.66. The molecule has 0 aromatic rings. The van der Waals surface area contributed by atoms with Crippen LogP contribution in [0.2, 0.25) is 0 Å². The van der Waals surface area contributed by atoms with E-state index in [0.717, 1.165) is 0 Å². The van der Waals surface area contributed by atoms with Crippen LogP contribution in [0.25, 0.3) is 0 Å². The van der Waals surface area contributed by atoms with E-state index in [2.05, 4.69) is 25.9 Å². The van der Waals surface area contributed by atoms with Crippen LogP contribution in [0.4, 0.5) is 0 Å². The van der Waals surface area contributed by atoms with Crippen molar-refractivity contribution in [3.63, 3.8) is 0 Å². The highest BCUT2D eigenvalue weighted by Gasteiger charge is 2.27. The maximum absolute atomic E-state index is 13.0. The summed E-state index contributed by atoms with van der Waals surface area (Å²) >= 11 is 0. The van der Waals surface area contributed by atoms with Crippen molar-refractivity contribution in [2.24, 2.45) is 44.4 Å². The molecule has 16 nitrogen and oxygen atoms in total. The Morgan fingerprint density at radius 3 is 1.75 bits per heavy atom. The van der Waals surface area contributed by atoms with Gasteiger partial charge in [0, 0.05) is 13.1 Å². The number of nitrogens with one attached hydrogen (secondary N) is 3. The fraction of sp³-hybridized carbons (Fsp3) is 0.700. The summed E-state index contributed by atoms with van der Waals surface area (Å²) in [4.78, 5) is 56.6. The first-order valence-corrected chi connectivity index (χ1v) is 11.6. The van der Waals surface area contributed by atoms with E-state index in [0.29, 0.717) is 38.8 Å². The van der Waals surface area contributed by atoms with Gasteiger partial charge in [-0.15, -0.1) is 0 Å². The molecular weight excluding hydrogens is 474 g/mol. The smallest absolute Gasteiger partial charge is 0.322 e. The highest BCUT2D eigenvalue weighted by molar-refractivity contribution is 5.93. The molecule has 16 heteroatoms. The Bertz CT molecular complexity index is 767. The van der Waals surface area contributed by atoms with Gasteiger partial charge in [0.25, 0.3) is 0 Å². The minimum atomic E-state index is -1.24. The zero-order chi connectivity index (χ0) is 27.5. The van der Waals surface area contributed by atoms with Crippen LogP contribution in [0.3, 0.4) is 0 Å². The molecule has 0 rings (SSSR count). The molecule has 0 aliphatic heterocycles. The standard InChI is InChI=1S/C20H41N11O5/c21-8-2-1-6-14(30-16(34)12(22)5-3-9-27-19(23)24)18(36)31-13(7-4-10-28-20(25)26)17(35)29-11-15(32)33/h12-14H,1-11,21-22H2,(H,29,35)(H,30,34)(H,31,36)(H,32,33)(H4,23,24,27)(H4,25,26,28)/t12-,13-,14-/m0/s1. The molecule has 0 spiro atoms. The largest absolute Gasteiger partial charge is 0.480 e. The molecule has 0 saturated heterocycles. The Morgan fingerprint density at radius 1 is 0.722 bits per heavy atom. The third kappa shape index (κ3) is 16.0. The van der Waals surface area contributed by atoms with Crippen molar-refractivity contribution in [3.05, 3.63) is 0 Å². The van der Waals surface area contributed by atoms with Crippen LogP contribution < -0.4 is 50.4 Å². The molecule has 0 fully saturated rings. The van der Waals surface area contributed by atoms with E-state index in [1.165, 1.54) is 0 Å². The number of carboxylic acids is 1. The minimum Gasteiger partial charge on any atom is -0.480 e. The van der Waals surface area contributed by atoms with Gasteiger partial charge in [0.1, 0.15) is 18.6 Å². The van der Waals surface area contributed by atoms with E-state index in [4.69, 9.17) is 39.5 Å².